The molecule has 0 aliphatic heterocycles. The molecule has 3 nitrogen and oxygen atoms in total. The van der Waals surface area contributed by atoms with Gasteiger partial charge in [-0.15, -0.1) is 0 Å². The van der Waals surface area contributed by atoms with E-state index in [2.05, 4.69) is 19.9 Å². The van der Waals surface area contributed by atoms with Crippen molar-refractivity contribution >= 4 is 11.6 Å². The van der Waals surface area contributed by atoms with Crippen LogP contribution in [-0.2, 0) is 4.79 Å². The molecule has 16 heavy (non-hydrogen) atoms. The molecule has 0 saturated carbocycles. The summed E-state index contributed by atoms with van der Waals surface area (Å²) >= 11 is 0. The zero-order valence-electron chi connectivity index (χ0n) is 10.2. The Morgan fingerprint density at radius 1 is 1.38 bits per heavy atom. The Balaban J connectivity index is 2.98. The van der Waals surface area contributed by atoms with Gasteiger partial charge < -0.3 is 10.6 Å². The zero-order valence-corrected chi connectivity index (χ0v) is 10.2. The van der Waals surface area contributed by atoms with Gasteiger partial charge in [0, 0.05) is 25.7 Å². The molecule has 2 N–H and O–H groups in total. The number of benzene rings is 1. The largest absolute Gasteiger partial charge is 0.330 e. The Bertz CT molecular complexity index is 361. The van der Waals surface area contributed by atoms with E-state index in [4.69, 9.17) is 5.73 Å². The zero-order chi connectivity index (χ0) is 12.1. The molecule has 0 unspecified atom stereocenters. The number of nitrogens with zero attached hydrogens (tertiary/aromatic N) is 1. The fourth-order valence-corrected chi connectivity index (χ4v) is 1.71. The summed E-state index contributed by atoms with van der Waals surface area (Å²) in [7, 11) is 1.80. The minimum atomic E-state index is 0.0654. The van der Waals surface area contributed by atoms with Gasteiger partial charge in [0.05, 0.1) is 0 Å². The Morgan fingerprint density at radius 3 is 2.56 bits per heavy atom. The minimum Gasteiger partial charge on any atom is -0.330 e. The minimum absolute atomic E-state index is 0.0654. The summed E-state index contributed by atoms with van der Waals surface area (Å²) in [6, 6.07) is 7.99. The van der Waals surface area contributed by atoms with Crippen molar-refractivity contribution in [2.75, 3.05) is 18.5 Å². The van der Waals surface area contributed by atoms with Gasteiger partial charge in [-0.1, -0.05) is 32.0 Å². The summed E-state index contributed by atoms with van der Waals surface area (Å²) in [6.45, 7) is 4.65. The number of nitrogens with two attached hydrogens (primary N) is 1. The van der Waals surface area contributed by atoms with Gasteiger partial charge in [-0.3, -0.25) is 4.79 Å². The third-order valence-electron chi connectivity index (χ3n) is 2.65. The molecular formula is C13H20N2O. The molecule has 0 aliphatic carbocycles. The number of carbonyl (C=O) groups excluding carboxylic acids is 1. The maximum Gasteiger partial charge on any atom is 0.227 e. The first-order valence-corrected chi connectivity index (χ1v) is 5.63. The van der Waals surface area contributed by atoms with Gasteiger partial charge in [0.15, 0.2) is 0 Å². The molecule has 0 fully saturated rings. The van der Waals surface area contributed by atoms with E-state index < -0.39 is 0 Å². The predicted molar refractivity (Wildman–Crippen MR) is 67.6 cm³/mol. The number of hydrogen-bond acceptors (Lipinski definition) is 2. The number of hydrogen-bond donors (Lipinski definition) is 1. The van der Waals surface area contributed by atoms with Crippen molar-refractivity contribution in [3.8, 4) is 0 Å². The van der Waals surface area contributed by atoms with Gasteiger partial charge in [0.1, 0.15) is 0 Å². The van der Waals surface area contributed by atoms with Gasteiger partial charge >= 0.3 is 0 Å². The van der Waals surface area contributed by atoms with E-state index in [1.807, 2.05) is 18.2 Å². The highest BCUT2D eigenvalue weighted by Crippen LogP contribution is 2.26. The molecule has 0 saturated heterocycles. The summed E-state index contributed by atoms with van der Waals surface area (Å²) in [5, 5.41) is 0. The van der Waals surface area contributed by atoms with Crippen LogP contribution in [0.1, 0.15) is 31.7 Å². The molecular weight excluding hydrogens is 200 g/mol. The molecule has 0 radical (unpaired) electrons. The van der Waals surface area contributed by atoms with Gasteiger partial charge in [0.2, 0.25) is 5.91 Å². The Labute approximate surface area is 97.2 Å². The standard InChI is InChI=1S/C13H20N2O/c1-10(2)11-6-4-5-7-12(11)15(3)13(16)8-9-14/h4-7,10H,8-9,14H2,1-3H3. The lowest BCUT2D eigenvalue weighted by Crippen LogP contribution is -2.29. The molecule has 3 heteroatoms. The van der Waals surface area contributed by atoms with E-state index in [0.717, 1.165) is 5.69 Å². The van der Waals surface area contributed by atoms with Crippen molar-refractivity contribution in [2.24, 2.45) is 5.73 Å². The van der Waals surface area contributed by atoms with Crippen LogP contribution in [-0.4, -0.2) is 19.5 Å². The first-order valence-electron chi connectivity index (χ1n) is 5.63. The van der Waals surface area contributed by atoms with Crippen molar-refractivity contribution in [1.29, 1.82) is 0 Å². The average Bonchev–Trinajstić information content (AvgIpc) is 2.28. The second-order valence-electron chi connectivity index (χ2n) is 4.20. The SMILES string of the molecule is CC(C)c1ccccc1N(C)C(=O)CCN. The molecule has 0 atom stereocenters. The lowest BCUT2D eigenvalue weighted by Gasteiger charge is -2.22. The average molecular weight is 220 g/mol. The highest BCUT2D eigenvalue weighted by molar-refractivity contribution is 5.93. The second kappa shape index (κ2) is 5.66. The van der Waals surface area contributed by atoms with Crippen molar-refractivity contribution in [1.82, 2.24) is 0 Å². The topological polar surface area (TPSA) is 46.3 Å². The van der Waals surface area contributed by atoms with Crippen molar-refractivity contribution in [2.45, 2.75) is 26.2 Å². The van der Waals surface area contributed by atoms with Crippen LogP contribution in [0, 0.1) is 0 Å². The highest BCUT2D eigenvalue weighted by atomic mass is 16.2. The molecule has 1 rings (SSSR count). The maximum atomic E-state index is 11.8. The number of para-hydroxylation sites is 1. The van der Waals surface area contributed by atoms with Crippen molar-refractivity contribution in [3.63, 3.8) is 0 Å². The van der Waals surface area contributed by atoms with Crippen LogP contribution in [0.25, 0.3) is 0 Å². The maximum absolute atomic E-state index is 11.8. The second-order valence-corrected chi connectivity index (χ2v) is 4.20. The molecule has 0 aliphatic rings. The van der Waals surface area contributed by atoms with Crippen LogP contribution in [0.3, 0.4) is 0 Å². The third kappa shape index (κ3) is 2.83. The fourth-order valence-electron chi connectivity index (χ4n) is 1.71. The van der Waals surface area contributed by atoms with Gasteiger partial charge in [0.25, 0.3) is 0 Å². The summed E-state index contributed by atoms with van der Waals surface area (Å²) in [6.07, 6.45) is 0.392. The first kappa shape index (κ1) is 12.7. The summed E-state index contributed by atoms with van der Waals surface area (Å²) in [4.78, 5) is 13.5. The lowest BCUT2D eigenvalue weighted by molar-refractivity contribution is -0.118. The first-order chi connectivity index (χ1) is 7.57. The Morgan fingerprint density at radius 2 is 2.00 bits per heavy atom. The molecule has 1 aromatic carbocycles. The molecule has 0 heterocycles. The fraction of sp³-hybridized carbons (Fsp3) is 0.462. The van der Waals surface area contributed by atoms with E-state index in [9.17, 15) is 4.79 Å². The molecule has 0 aromatic heterocycles. The molecule has 0 spiro atoms. The van der Waals surface area contributed by atoms with E-state index in [1.165, 1.54) is 5.56 Å². The van der Waals surface area contributed by atoms with Crippen LogP contribution >= 0.6 is 0 Å². The van der Waals surface area contributed by atoms with Crippen molar-refractivity contribution < 1.29 is 4.79 Å². The van der Waals surface area contributed by atoms with Crippen LogP contribution in [0.4, 0.5) is 5.69 Å². The summed E-state index contributed by atoms with van der Waals surface area (Å²) < 4.78 is 0. The van der Waals surface area contributed by atoms with E-state index in [1.54, 1.807) is 11.9 Å². The quantitative estimate of drug-likeness (QED) is 0.844. The number of anilines is 1. The van der Waals surface area contributed by atoms with Crippen LogP contribution in [0.5, 0.6) is 0 Å². The van der Waals surface area contributed by atoms with Gasteiger partial charge in [-0.2, -0.15) is 0 Å². The normalized spacial score (nSPS) is 10.6. The third-order valence-corrected chi connectivity index (χ3v) is 2.65. The summed E-state index contributed by atoms with van der Waals surface area (Å²) in [5.41, 5.74) is 7.57. The van der Waals surface area contributed by atoms with Gasteiger partial charge in [-0.05, 0) is 17.5 Å². The lowest BCUT2D eigenvalue weighted by atomic mass is 10.0. The number of carbonyl (C=O) groups is 1. The van der Waals surface area contributed by atoms with E-state index >= 15 is 0 Å². The molecule has 0 bridgehead atoms. The molecule has 1 aromatic rings. The Kier molecular flexibility index (Phi) is 4.50. The van der Waals surface area contributed by atoms with Crippen LogP contribution in [0.2, 0.25) is 0 Å². The molecule has 88 valence electrons. The number of amides is 1. The van der Waals surface area contributed by atoms with Crippen molar-refractivity contribution in [3.05, 3.63) is 29.8 Å². The smallest absolute Gasteiger partial charge is 0.227 e. The monoisotopic (exact) mass is 220 g/mol. The summed E-state index contributed by atoms with van der Waals surface area (Å²) in [5.74, 6) is 0.472. The predicted octanol–water partition coefficient (Wildman–Crippen LogP) is 2.12. The molecule has 1 amide bonds. The van der Waals surface area contributed by atoms with E-state index in [0.29, 0.717) is 18.9 Å². The van der Waals surface area contributed by atoms with Gasteiger partial charge in [-0.25, -0.2) is 0 Å². The van der Waals surface area contributed by atoms with E-state index in [-0.39, 0.29) is 5.91 Å². The van der Waals surface area contributed by atoms with Crippen LogP contribution < -0.4 is 10.6 Å². The number of rotatable bonds is 4. The van der Waals surface area contributed by atoms with Crippen LogP contribution in [0.15, 0.2) is 24.3 Å². The highest BCUT2D eigenvalue weighted by Gasteiger charge is 2.14. The Hall–Kier alpha value is -1.35.